The van der Waals surface area contributed by atoms with Gasteiger partial charge in [0.2, 0.25) is 0 Å². The highest BCUT2D eigenvalue weighted by Crippen LogP contribution is 2.43. The van der Waals surface area contributed by atoms with Crippen LogP contribution in [0, 0.1) is 0 Å². The lowest BCUT2D eigenvalue weighted by molar-refractivity contribution is -0.140. The van der Waals surface area contributed by atoms with Crippen molar-refractivity contribution in [2.45, 2.75) is 32.2 Å². The van der Waals surface area contributed by atoms with Gasteiger partial charge in [-0.25, -0.2) is 0 Å². The number of Topliss-reactive ketones (excluding diaryl/α,β-unsaturated/α-hetero) is 1. The van der Waals surface area contributed by atoms with Crippen molar-refractivity contribution in [3.63, 3.8) is 0 Å². The van der Waals surface area contributed by atoms with Crippen molar-refractivity contribution in [3.8, 4) is 11.5 Å². The number of amides is 1. The first-order valence-corrected chi connectivity index (χ1v) is 11.3. The summed E-state index contributed by atoms with van der Waals surface area (Å²) in [6, 6.07) is 11.8. The van der Waals surface area contributed by atoms with Gasteiger partial charge in [-0.1, -0.05) is 39.0 Å². The number of likely N-dealkylation sites (tertiary alicyclic amines) is 1. The van der Waals surface area contributed by atoms with Crippen LogP contribution in [0.4, 0.5) is 0 Å². The Labute approximate surface area is 201 Å². The molecule has 2 aromatic carbocycles. The number of carbonyl (C=O) groups is 2. The van der Waals surface area contributed by atoms with Gasteiger partial charge in [0.25, 0.3) is 11.7 Å². The highest BCUT2D eigenvalue weighted by atomic mass is 16.5. The maximum Gasteiger partial charge on any atom is 0.295 e. The highest BCUT2D eigenvalue weighted by molar-refractivity contribution is 6.46. The summed E-state index contributed by atoms with van der Waals surface area (Å²) in [6.45, 7) is 7.03. The van der Waals surface area contributed by atoms with Gasteiger partial charge in [-0.3, -0.25) is 9.59 Å². The molecule has 0 bridgehead atoms. The standard InChI is InChI=1S/C27H34N2O5/c1-27(2,3)19-16-17(12-13-21(19)34-7)24(30)22-23(18-10-8-9-11-20(18)33-6)29(15-14-28(4)5)26(32)25(22)31/h8-13,16,23,30H,14-15H2,1-7H3/b24-22+. The van der Waals surface area contributed by atoms with Gasteiger partial charge >= 0.3 is 0 Å². The van der Waals surface area contributed by atoms with E-state index < -0.39 is 17.7 Å². The average molecular weight is 467 g/mol. The lowest BCUT2D eigenvalue weighted by Crippen LogP contribution is -2.35. The Hall–Kier alpha value is -3.32. The van der Waals surface area contributed by atoms with Crippen molar-refractivity contribution < 1.29 is 24.2 Å². The smallest absolute Gasteiger partial charge is 0.295 e. The third-order valence-electron chi connectivity index (χ3n) is 6.04. The van der Waals surface area contributed by atoms with Crippen LogP contribution in [0.15, 0.2) is 48.0 Å². The van der Waals surface area contributed by atoms with Crippen LogP contribution in [0.5, 0.6) is 11.5 Å². The van der Waals surface area contributed by atoms with Gasteiger partial charge < -0.3 is 24.4 Å². The first-order valence-electron chi connectivity index (χ1n) is 11.3. The predicted octanol–water partition coefficient (Wildman–Crippen LogP) is 3.98. The SMILES string of the molecule is COc1ccccc1C1/C(=C(\O)c2ccc(OC)c(C(C)(C)C)c2)C(=O)C(=O)N1CCN(C)C. The van der Waals surface area contributed by atoms with Crippen molar-refractivity contribution in [1.82, 2.24) is 9.80 Å². The Balaban J connectivity index is 2.24. The number of aliphatic hydroxyl groups excluding tert-OH is 1. The summed E-state index contributed by atoms with van der Waals surface area (Å²) in [7, 11) is 6.95. The van der Waals surface area contributed by atoms with Crippen LogP contribution in [0.3, 0.4) is 0 Å². The number of ether oxygens (including phenoxy) is 2. The maximum atomic E-state index is 13.3. The predicted molar refractivity (Wildman–Crippen MR) is 132 cm³/mol. The largest absolute Gasteiger partial charge is 0.507 e. The molecule has 1 aliphatic rings. The molecule has 7 heteroatoms. The van der Waals surface area contributed by atoms with E-state index >= 15 is 0 Å². The fourth-order valence-corrected chi connectivity index (χ4v) is 4.23. The minimum absolute atomic E-state index is 0.0540. The molecule has 182 valence electrons. The van der Waals surface area contributed by atoms with Crippen molar-refractivity contribution in [3.05, 3.63) is 64.7 Å². The molecule has 2 aromatic rings. The molecular formula is C27H34N2O5. The molecule has 1 aliphatic heterocycles. The summed E-state index contributed by atoms with van der Waals surface area (Å²) in [5.41, 5.74) is 1.78. The molecule has 3 rings (SSSR count). The molecule has 1 saturated heterocycles. The topological polar surface area (TPSA) is 79.3 Å². The first-order chi connectivity index (χ1) is 16.0. The van der Waals surface area contributed by atoms with Gasteiger partial charge in [-0.2, -0.15) is 0 Å². The molecule has 0 saturated carbocycles. The number of rotatable bonds is 7. The molecule has 1 amide bonds. The maximum absolute atomic E-state index is 13.3. The van der Waals surface area contributed by atoms with E-state index in [2.05, 4.69) is 0 Å². The normalized spacial score (nSPS) is 18.0. The number of hydrogen-bond acceptors (Lipinski definition) is 6. The quantitative estimate of drug-likeness (QED) is 0.378. The molecule has 0 aliphatic carbocycles. The van der Waals surface area contributed by atoms with E-state index in [-0.39, 0.29) is 16.7 Å². The summed E-state index contributed by atoms with van der Waals surface area (Å²) >= 11 is 0. The summed E-state index contributed by atoms with van der Waals surface area (Å²) in [4.78, 5) is 29.9. The van der Waals surface area contributed by atoms with Gasteiger partial charge in [0.1, 0.15) is 17.3 Å². The second kappa shape index (κ2) is 9.89. The highest BCUT2D eigenvalue weighted by Gasteiger charge is 2.47. The summed E-state index contributed by atoms with van der Waals surface area (Å²) in [6.07, 6.45) is 0. The van der Waals surface area contributed by atoms with Gasteiger partial charge in [-0.15, -0.1) is 0 Å². The number of aliphatic hydroxyl groups is 1. The number of methoxy groups -OCH3 is 2. The van der Waals surface area contributed by atoms with Crippen molar-refractivity contribution in [1.29, 1.82) is 0 Å². The molecule has 1 heterocycles. The van der Waals surface area contributed by atoms with Crippen LogP contribution in [0.25, 0.3) is 5.76 Å². The Morgan fingerprint density at radius 2 is 1.68 bits per heavy atom. The van der Waals surface area contributed by atoms with E-state index in [0.29, 0.717) is 35.7 Å². The van der Waals surface area contributed by atoms with Crippen molar-refractivity contribution >= 4 is 17.4 Å². The Bertz CT molecular complexity index is 1110. The molecular weight excluding hydrogens is 432 g/mol. The second-order valence-corrected chi connectivity index (χ2v) is 9.70. The first kappa shape index (κ1) is 25.3. The fourth-order valence-electron chi connectivity index (χ4n) is 4.23. The number of ketones is 1. The van der Waals surface area contributed by atoms with Gasteiger partial charge in [0.05, 0.1) is 25.8 Å². The number of para-hydroxylation sites is 1. The summed E-state index contributed by atoms with van der Waals surface area (Å²) < 4.78 is 11.1. The zero-order valence-corrected chi connectivity index (χ0v) is 21.0. The number of carbonyl (C=O) groups excluding carboxylic acids is 2. The van der Waals surface area contributed by atoms with Crippen molar-refractivity contribution in [2.24, 2.45) is 0 Å². The lowest BCUT2D eigenvalue weighted by atomic mass is 9.84. The van der Waals surface area contributed by atoms with Crippen LogP contribution in [-0.4, -0.2) is 68.0 Å². The van der Waals surface area contributed by atoms with Crippen LogP contribution < -0.4 is 9.47 Å². The van der Waals surface area contributed by atoms with E-state index in [1.54, 1.807) is 32.4 Å². The summed E-state index contributed by atoms with van der Waals surface area (Å²) in [5, 5.41) is 11.4. The fraction of sp³-hybridized carbons (Fsp3) is 0.407. The minimum atomic E-state index is -0.767. The Morgan fingerprint density at radius 3 is 2.26 bits per heavy atom. The zero-order valence-electron chi connectivity index (χ0n) is 21.0. The molecule has 0 aromatic heterocycles. The van der Waals surface area contributed by atoms with E-state index in [4.69, 9.17) is 9.47 Å². The molecule has 1 fully saturated rings. The van der Waals surface area contributed by atoms with E-state index in [9.17, 15) is 14.7 Å². The monoisotopic (exact) mass is 466 g/mol. The summed E-state index contributed by atoms with van der Waals surface area (Å²) in [5.74, 6) is -0.323. The minimum Gasteiger partial charge on any atom is -0.507 e. The lowest BCUT2D eigenvalue weighted by Gasteiger charge is -2.28. The van der Waals surface area contributed by atoms with Gasteiger partial charge in [0, 0.05) is 29.8 Å². The molecule has 1 N–H and O–H groups in total. The molecule has 7 nitrogen and oxygen atoms in total. The Morgan fingerprint density at radius 1 is 1.03 bits per heavy atom. The molecule has 0 spiro atoms. The second-order valence-electron chi connectivity index (χ2n) is 9.70. The zero-order chi connectivity index (χ0) is 25.2. The molecule has 34 heavy (non-hydrogen) atoms. The van der Waals surface area contributed by atoms with Crippen LogP contribution >= 0.6 is 0 Å². The van der Waals surface area contributed by atoms with Crippen LogP contribution in [-0.2, 0) is 15.0 Å². The Kier molecular flexibility index (Phi) is 7.36. The van der Waals surface area contributed by atoms with Crippen molar-refractivity contribution in [2.75, 3.05) is 41.4 Å². The number of nitrogens with zero attached hydrogens (tertiary/aromatic N) is 2. The number of hydrogen-bond donors (Lipinski definition) is 1. The molecule has 1 unspecified atom stereocenters. The average Bonchev–Trinajstić information content (AvgIpc) is 3.05. The van der Waals surface area contributed by atoms with Crippen LogP contribution in [0.2, 0.25) is 0 Å². The molecule has 1 atom stereocenters. The van der Waals surface area contributed by atoms with E-state index in [0.717, 1.165) is 5.56 Å². The number of likely N-dealkylation sites (N-methyl/N-ethyl adjacent to an activating group) is 1. The molecule has 0 radical (unpaired) electrons. The third-order valence-corrected chi connectivity index (χ3v) is 6.04. The van der Waals surface area contributed by atoms with Gasteiger partial charge in [0.15, 0.2) is 0 Å². The van der Waals surface area contributed by atoms with E-state index in [1.165, 1.54) is 4.90 Å². The van der Waals surface area contributed by atoms with E-state index in [1.807, 2.05) is 64.0 Å². The third kappa shape index (κ3) is 4.80. The number of benzene rings is 2. The van der Waals surface area contributed by atoms with Gasteiger partial charge in [-0.05, 0) is 43.8 Å². The van der Waals surface area contributed by atoms with Crippen LogP contribution in [0.1, 0.15) is 43.5 Å².